The van der Waals surface area contributed by atoms with Crippen LogP contribution in [0.25, 0.3) is 0 Å². The molecule has 0 N–H and O–H groups in total. The van der Waals surface area contributed by atoms with Gasteiger partial charge in [-0.05, 0) is 18.8 Å². The van der Waals surface area contributed by atoms with Crippen molar-refractivity contribution in [1.82, 2.24) is 4.90 Å². The quantitative estimate of drug-likeness (QED) is 0.405. The minimum atomic E-state index is 0.645. The molecule has 0 radical (unpaired) electrons. The number of nitrogens with zero attached hydrogens (tertiary/aromatic N) is 1. The van der Waals surface area contributed by atoms with Crippen molar-refractivity contribution in [2.24, 2.45) is 5.92 Å². The van der Waals surface area contributed by atoms with Crippen LogP contribution in [0.2, 0.25) is 0 Å². The molecule has 1 nitrogen and oxygen atoms in total. The van der Waals surface area contributed by atoms with Crippen molar-refractivity contribution in [2.45, 2.75) is 19.8 Å². The third-order valence-corrected chi connectivity index (χ3v) is 2.43. The smallest absolute Gasteiger partial charge is 0.0188 e. The van der Waals surface area contributed by atoms with Crippen molar-refractivity contribution in [3.8, 4) is 0 Å². The van der Waals surface area contributed by atoms with Crippen molar-refractivity contribution in [3.05, 3.63) is 0 Å². The second-order valence-corrected chi connectivity index (χ2v) is 3.99. The number of likely N-dealkylation sites (tertiary alicyclic amines) is 1. The van der Waals surface area contributed by atoms with Gasteiger partial charge in [-0.2, -0.15) is 0 Å². The lowest BCUT2D eigenvalue weighted by Crippen LogP contribution is -2.36. The summed E-state index contributed by atoms with van der Waals surface area (Å²) in [5.74, 6) is 0.773. The summed E-state index contributed by atoms with van der Waals surface area (Å²) in [5.41, 5.74) is 0. The summed E-state index contributed by atoms with van der Waals surface area (Å²) in [6.07, 6.45) is 2.58. The van der Waals surface area contributed by atoms with Gasteiger partial charge in [0.25, 0.3) is 0 Å². The minimum absolute atomic E-state index is 0.645. The van der Waals surface area contributed by atoms with E-state index in [1.165, 1.54) is 12.8 Å². The average Bonchev–Trinajstić information content (AvgIpc) is 1.88. The molecule has 1 saturated heterocycles. The van der Waals surface area contributed by atoms with Gasteiger partial charge in [-0.15, -0.1) is 0 Å². The number of thiocarbonyl (C=S) groups is 1. The Labute approximate surface area is 73.2 Å². The molecule has 58 valence electrons. The van der Waals surface area contributed by atoms with Crippen molar-refractivity contribution in [2.75, 3.05) is 13.1 Å². The molecule has 0 saturated carbocycles. The second-order valence-electron chi connectivity index (χ2n) is 2.96. The van der Waals surface area contributed by atoms with Gasteiger partial charge in [0.15, 0.2) is 0 Å². The first-order chi connectivity index (χ1) is 4.70. The Hall–Kier alpha value is 0.110. The highest BCUT2D eigenvalue weighted by Crippen LogP contribution is 2.15. The van der Waals surface area contributed by atoms with E-state index in [1.54, 1.807) is 0 Å². The lowest BCUT2D eigenvalue weighted by atomic mass is 10.0. The van der Waals surface area contributed by atoms with Gasteiger partial charge in [0, 0.05) is 13.1 Å². The molecule has 0 unspecified atom stereocenters. The van der Waals surface area contributed by atoms with Crippen LogP contribution in [-0.4, -0.2) is 22.3 Å². The van der Waals surface area contributed by atoms with Crippen molar-refractivity contribution >= 4 is 29.2 Å². The highest BCUT2D eigenvalue weighted by molar-refractivity contribution is 8.00. The summed E-state index contributed by atoms with van der Waals surface area (Å²) < 4.78 is 0.645. The van der Waals surface area contributed by atoms with Gasteiger partial charge in [0.1, 0.15) is 0 Å². The standard InChI is InChI=1S/C7H13NS2/c1-6-3-2-4-8(5-6)7(9)10/h6H,2-5H2,1H3,(H,9,10)/p-1/t6-/m0/s1. The molecule has 1 aliphatic rings. The van der Waals surface area contributed by atoms with E-state index in [-0.39, 0.29) is 0 Å². The largest absolute Gasteiger partial charge is 0.411 e. The molecule has 1 fully saturated rings. The number of hydrogen-bond donors (Lipinski definition) is 0. The van der Waals surface area contributed by atoms with E-state index < -0.39 is 0 Å². The Morgan fingerprint density at radius 1 is 1.70 bits per heavy atom. The molecule has 1 aliphatic heterocycles. The van der Waals surface area contributed by atoms with Gasteiger partial charge >= 0.3 is 0 Å². The van der Waals surface area contributed by atoms with Gasteiger partial charge in [-0.1, -0.05) is 11.2 Å². The number of piperidine rings is 1. The third kappa shape index (κ3) is 2.06. The lowest BCUT2D eigenvalue weighted by molar-refractivity contribution is 0.280. The first-order valence-electron chi connectivity index (χ1n) is 3.66. The molecule has 0 aromatic carbocycles. The summed E-state index contributed by atoms with van der Waals surface area (Å²) >= 11 is 9.82. The molecule has 1 atom stereocenters. The molecule has 0 amide bonds. The van der Waals surface area contributed by atoms with E-state index >= 15 is 0 Å². The van der Waals surface area contributed by atoms with Crippen LogP contribution in [0.3, 0.4) is 0 Å². The molecule has 0 aromatic heterocycles. The fourth-order valence-electron chi connectivity index (χ4n) is 1.36. The number of hydrogen-bond acceptors (Lipinski definition) is 2. The van der Waals surface area contributed by atoms with Crippen molar-refractivity contribution in [3.63, 3.8) is 0 Å². The van der Waals surface area contributed by atoms with E-state index in [9.17, 15) is 0 Å². The summed E-state index contributed by atoms with van der Waals surface area (Å²) in [7, 11) is 0. The first kappa shape index (κ1) is 8.21. The Morgan fingerprint density at radius 3 is 2.80 bits per heavy atom. The normalized spacial score (nSPS) is 26.5. The molecule has 1 heterocycles. The molecule has 0 aromatic rings. The molecule has 0 aliphatic carbocycles. The van der Waals surface area contributed by atoms with Crippen LogP contribution >= 0.6 is 12.2 Å². The molecular formula is C7H12NS2-. The average molecular weight is 174 g/mol. The van der Waals surface area contributed by atoms with Crippen LogP contribution < -0.4 is 0 Å². The Balaban J connectivity index is 2.39. The zero-order valence-corrected chi connectivity index (χ0v) is 7.80. The van der Waals surface area contributed by atoms with Crippen LogP contribution in [0, 0.1) is 5.92 Å². The van der Waals surface area contributed by atoms with Crippen LogP contribution in [0.1, 0.15) is 19.8 Å². The van der Waals surface area contributed by atoms with Gasteiger partial charge in [0.2, 0.25) is 0 Å². The molecule has 10 heavy (non-hydrogen) atoms. The van der Waals surface area contributed by atoms with E-state index in [0.717, 1.165) is 19.0 Å². The van der Waals surface area contributed by atoms with Crippen LogP contribution in [0.15, 0.2) is 0 Å². The summed E-state index contributed by atoms with van der Waals surface area (Å²) in [6, 6.07) is 0. The number of rotatable bonds is 0. The lowest BCUT2D eigenvalue weighted by Gasteiger charge is -2.35. The molecular weight excluding hydrogens is 162 g/mol. The fourth-order valence-corrected chi connectivity index (χ4v) is 1.69. The minimum Gasteiger partial charge on any atom is -0.411 e. The first-order valence-corrected chi connectivity index (χ1v) is 4.47. The molecule has 1 rings (SSSR count). The molecule has 0 bridgehead atoms. The Kier molecular flexibility index (Phi) is 2.86. The maximum absolute atomic E-state index is 4.91. The Bertz CT molecular complexity index is 136. The maximum atomic E-state index is 4.91. The monoisotopic (exact) mass is 174 g/mol. The second kappa shape index (κ2) is 3.49. The summed E-state index contributed by atoms with van der Waals surface area (Å²) in [4.78, 5) is 2.12. The SMILES string of the molecule is C[C@H]1CCCN(C(=S)[S-])C1. The van der Waals surface area contributed by atoms with Gasteiger partial charge in [0.05, 0.1) is 0 Å². The van der Waals surface area contributed by atoms with E-state index in [1.807, 2.05) is 0 Å². The predicted molar refractivity (Wildman–Crippen MR) is 49.9 cm³/mol. The van der Waals surface area contributed by atoms with Crippen LogP contribution in [-0.2, 0) is 12.6 Å². The van der Waals surface area contributed by atoms with E-state index in [2.05, 4.69) is 11.8 Å². The maximum Gasteiger partial charge on any atom is 0.0188 e. The zero-order valence-electron chi connectivity index (χ0n) is 6.17. The highest BCUT2D eigenvalue weighted by atomic mass is 32.1. The molecule has 0 spiro atoms. The predicted octanol–water partition coefficient (Wildman–Crippen LogP) is 1.55. The zero-order chi connectivity index (χ0) is 7.56. The van der Waals surface area contributed by atoms with Gasteiger partial charge < -0.3 is 29.7 Å². The highest BCUT2D eigenvalue weighted by Gasteiger charge is 2.13. The van der Waals surface area contributed by atoms with E-state index in [0.29, 0.717) is 4.32 Å². The Morgan fingerprint density at radius 2 is 2.40 bits per heavy atom. The van der Waals surface area contributed by atoms with Crippen LogP contribution in [0.4, 0.5) is 0 Å². The summed E-state index contributed by atoms with van der Waals surface area (Å²) in [6.45, 7) is 4.40. The molecule has 3 heteroatoms. The van der Waals surface area contributed by atoms with E-state index in [4.69, 9.17) is 24.8 Å². The van der Waals surface area contributed by atoms with Crippen molar-refractivity contribution in [1.29, 1.82) is 0 Å². The van der Waals surface area contributed by atoms with Gasteiger partial charge in [-0.25, -0.2) is 0 Å². The van der Waals surface area contributed by atoms with Crippen LogP contribution in [0.5, 0.6) is 0 Å². The fraction of sp³-hybridized carbons (Fsp3) is 0.857. The third-order valence-electron chi connectivity index (χ3n) is 1.92. The summed E-state index contributed by atoms with van der Waals surface area (Å²) in [5, 5.41) is 0. The van der Waals surface area contributed by atoms with Gasteiger partial charge in [-0.3, -0.25) is 0 Å². The van der Waals surface area contributed by atoms with Crippen molar-refractivity contribution < 1.29 is 0 Å². The topological polar surface area (TPSA) is 3.24 Å².